The van der Waals surface area contributed by atoms with Crippen LogP contribution in [0.15, 0.2) is 40.8 Å². The van der Waals surface area contributed by atoms with Gasteiger partial charge in [0.2, 0.25) is 0 Å². The van der Waals surface area contributed by atoms with Gasteiger partial charge in [-0.1, -0.05) is 12.1 Å². The Labute approximate surface area is 113 Å². The first-order valence-electron chi connectivity index (χ1n) is 5.42. The second-order valence-electron chi connectivity index (χ2n) is 3.79. The zero-order chi connectivity index (χ0) is 13.8. The summed E-state index contributed by atoms with van der Waals surface area (Å²) in [6.45, 7) is 0.275. The van der Waals surface area contributed by atoms with Crippen LogP contribution in [0.3, 0.4) is 0 Å². The lowest BCUT2D eigenvalue weighted by atomic mass is 10.1. The first-order valence-corrected chi connectivity index (χ1v) is 5.80. The number of carboxylic acid groups (broad SMARTS) is 1. The quantitative estimate of drug-likeness (QED) is 0.901. The first kappa shape index (κ1) is 13.2. The van der Waals surface area contributed by atoms with Gasteiger partial charge in [-0.2, -0.15) is 0 Å². The van der Waals surface area contributed by atoms with Crippen molar-refractivity contribution in [2.45, 2.75) is 6.54 Å². The van der Waals surface area contributed by atoms with Crippen molar-refractivity contribution in [3.8, 4) is 0 Å². The van der Waals surface area contributed by atoms with Crippen molar-refractivity contribution in [2.24, 2.45) is 0 Å². The zero-order valence-corrected chi connectivity index (χ0v) is 10.5. The fourth-order valence-corrected chi connectivity index (χ4v) is 1.62. The Kier molecular flexibility index (Phi) is 3.87. The average molecular weight is 280 g/mol. The normalized spacial score (nSPS) is 10.2. The summed E-state index contributed by atoms with van der Waals surface area (Å²) in [7, 11) is 0. The minimum absolute atomic E-state index is 0.132. The number of carboxylic acids is 1. The molecule has 2 N–H and O–H groups in total. The number of carbonyl (C=O) groups is 2. The summed E-state index contributed by atoms with van der Waals surface area (Å²) < 4.78 is 4.96. The standard InChI is InChI=1S/C13H10ClNO4/c14-11-6-5-10(19-11)12(16)15-7-8-1-3-9(4-2-8)13(17)18/h1-6H,7H2,(H,15,16)(H,17,18). The predicted octanol–water partition coefficient (Wildman–Crippen LogP) is 2.56. The summed E-state index contributed by atoms with van der Waals surface area (Å²) >= 11 is 5.57. The van der Waals surface area contributed by atoms with E-state index in [9.17, 15) is 9.59 Å². The molecule has 0 bridgehead atoms. The molecule has 5 nitrogen and oxygen atoms in total. The van der Waals surface area contributed by atoms with Gasteiger partial charge in [0.25, 0.3) is 5.91 Å². The van der Waals surface area contributed by atoms with Gasteiger partial charge in [-0.05, 0) is 41.4 Å². The van der Waals surface area contributed by atoms with E-state index in [1.54, 1.807) is 12.1 Å². The van der Waals surface area contributed by atoms with Crippen LogP contribution in [0.2, 0.25) is 5.22 Å². The molecule has 0 fully saturated rings. The molecule has 1 aromatic heterocycles. The topological polar surface area (TPSA) is 79.5 Å². The highest BCUT2D eigenvalue weighted by molar-refractivity contribution is 6.29. The third-order valence-corrected chi connectivity index (χ3v) is 2.65. The molecule has 0 spiro atoms. The Morgan fingerprint density at radius 1 is 1.16 bits per heavy atom. The number of furan rings is 1. The molecule has 6 heteroatoms. The fraction of sp³-hybridized carbons (Fsp3) is 0.0769. The van der Waals surface area contributed by atoms with Gasteiger partial charge in [0, 0.05) is 6.54 Å². The molecule has 0 aliphatic heterocycles. The van der Waals surface area contributed by atoms with Crippen molar-refractivity contribution in [1.29, 1.82) is 0 Å². The Balaban J connectivity index is 1.95. The van der Waals surface area contributed by atoms with E-state index in [1.807, 2.05) is 0 Å². The smallest absolute Gasteiger partial charge is 0.335 e. The second-order valence-corrected chi connectivity index (χ2v) is 4.16. The maximum atomic E-state index is 11.6. The summed E-state index contributed by atoms with van der Waals surface area (Å²) in [5.41, 5.74) is 0.990. The molecule has 1 aromatic carbocycles. The van der Waals surface area contributed by atoms with Gasteiger partial charge in [-0.3, -0.25) is 4.79 Å². The Morgan fingerprint density at radius 2 is 1.84 bits per heavy atom. The number of halogens is 1. The molecule has 0 atom stereocenters. The van der Waals surface area contributed by atoms with Crippen LogP contribution in [-0.4, -0.2) is 17.0 Å². The third-order valence-electron chi connectivity index (χ3n) is 2.45. The molecule has 19 heavy (non-hydrogen) atoms. The van der Waals surface area contributed by atoms with Crippen molar-refractivity contribution in [1.82, 2.24) is 5.32 Å². The van der Waals surface area contributed by atoms with E-state index in [2.05, 4.69) is 5.32 Å². The molecule has 0 radical (unpaired) electrons. The van der Waals surface area contributed by atoms with Crippen molar-refractivity contribution in [3.63, 3.8) is 0 Å². The second kappa shape index (κ2) is 5.58. The monoisotopic (exact) mass is 279 g/mol. The van der Waals surface area contributed by atoms with Crippen molar-refractivity contribution in [3.05, 3.63) is 58.5 Å². The van der Waals surface area contributed by atoms with Crippen LogP contribution in [0.5, 0.6) is 0 Å². The van der Waals surface area contributed by atoms with Crippen LogP contribution in [0.4, 0.5) is 0 Å². The number of carbonyl (C=O) groups excluding carboxylic acids is 1. The van der Waals surface area contributed by atoms with Gasteiger partial charge in [-0.15, -0.1) is 0 Å². The number of nitrogens with one attached hydrogen (secondary N) is 1. The van der Waals surface area contributed by atoms with Gasteiger partial charge < -0.3 is 14.8 Å². The summed E-state index contributed by atoms with van der Waals surface area (Å²) in [5, 5.41) is 11.5. The number of amides is 1. The van der Waals surface area contributed by atoms with Crippen LogP contribution in [0.1, 0.15) is 26.5 Å². The summed E-state index contributed by atoms with van der Waals surface area (Å²) in [6, 6.07) is 9.20. The Morgan fingerprint density at radius 3 is 2.37 bits per heavy atom. The SMILES string of the molecule is O=C(O)c1ccc(CNC(=O)c2ccc(Cl)o2)cc1. The van der Waals surface area contributed by atoms with Gasteiger partial charge in [0.15, 0.2) is 11.0 Å². The van der Waals surface area contributed by atoms with Crippen molar-refractivity contribution >= 4 is 23.5 Å². The molecular formula is C13H10ClNO4. The maximum Gasteiger partial charge on any atom is 0.335 e. The van der Waals surface area contributed by atoms with E-state index in [4.69, 9.17) is 21.1 Å². The summed E-state index contributed by atoms with van der Waals surface area (Å²) in [5.74, 6) is -1.23. The minimum atomic E-state index is -0.985. The van der Waals surface area contributed by atoms with Gasteiger partial charge in [-0.25, -0.2) is 4.79 Å². The molecule has 98 valence electrons. The molecule has 0 saturated heterocycles. The molecule has 2 rings (SSSR count). The molecule has 0 aliphatic rings. The van der Waals surface area contributed by atoms with Gasteiger partial charge in [0.05, 0.1) is 5.56 Å². The van der Waals surface area contributed by atoms with Crippen molar-refractivity contribution < 1.29 is 19.1 Å². The maximum absolute atomic E-state index is 11.6. The minimum Gasteiger partial charge on any atom is -0.478 e. The number of hydrogen-bond acceptors (Lipinski definition) is 3. The van der Waals surface area contributed by atoms with E-state index in [-0.39, 0.29) is 29.0 Å². The average Bonchev–Trinajstić information content (AvgIpc) is 2.83. The van der Waals surface area contributed by atoms with Crippen LogP contribution in [-0.2, 0) is 6.54 Å². The van der Waals surface area contributed by atoms with E-state index >= 15 is 0 Å². The van der Waals surface area contributed by atoms with Crippen LogP contribution in [0, 0.1) is 0 Å². The highest BCUT2D eigenvalue weighted by atomic mass is 35.5. The van der Waals surface area contributed by atoms with Crippen LogP contribution in [0.25, 0.3) is 0 Å². The largest absolute Gasteiger partial charge is 0.478 e. The molecule has 2 aromatic rings. The Hall–Kier alpha value is -2.27. The summed E-state index contributed by atoms with van der Waals surface area (Å²) in [6.07, 6.45) is 0. The molecule has 0 aliphatic carbocycles. The lowest BCUT2D eigenvalue weighted by Crippen LogP contribution is -2.22. The highest BCUT2D eigenvalue weighted by Gasteiger charge is 2.10. The van der Waals surface area contributed by atoms with E-state index in [0.29, 0.717) is 0 Å². The van der Waals surface area contributed by atoms with Crippen LogP contribution < -0.4 is 5.32 Å². The van der Waals surface area contributed by atoms with Gasteiger partial charge >= 0.3 is 5.97 Å². The number of aromatic carboxylic acids is 1. The lowest BCUT2D eigenvalue weighted by Gasteiger charge is -2.03. The lowest BCUT2D eigenvalue weighted by molar-refractivity contribution is 0.0696. The van der Waals surface area contributed by atoms with Crippen molar-refractivity contribution in [2.75, 3.05) is 0 Å². The Bertz CT molecular complexity index is 603. The highest BCUT2D eigenvalue weighted by Crippen LogP contribution is 2.13. The number of hydrogen-bond donors (Lipinski definition) is 2. The van der Waals surface area contributed by atoms with Crippen LogP contribution >= 0.6 is 11.6 Å². The fourth-order valence-electron chi connectivity index (χ4n) is 1.47. The predicted molar refractivity (Wildman–Crippen MR) is 68.3 cm³/mol. The molecule has 1 amide bonds. The molecular weight excluding hydrogens is 270 g/mol. The van der Waals surface area contributed by atoms with Gasteiger partial charge in [0.1, 0.15) is 0 Å². The molecule has 1 heterocycles. The summed E-state index contributed by atoms with van der Waals surface area (Å²) in [4.78, 5) is 22.3. The molecule has 0 saturated carbocycles. The first-order chi connectivity index (χ1) is 9.06. The molecule has 0 unspecified atom stereocenters. The van der Waals surface area contributed by atoms with E-state index in [1.165, 1.54) is 24.3 Å². The zero-order valence-electron chi connectivity index (χ0n) is 9.72. The third kappa shape index (κ3) is 3.35. The van der Waals surface area contributed by atoms with E-state index < -0.39 is 5.97 Å². The number of benzene rings is 1. The van der Waals surface area contributed by atoms with E-state index in [0.717, 1.165) is 5.56 Å². The number of rotatable bonds is 4.